The molecule has 0 spiro atoms. The number of esters is 2. The standard InChI is InChI=1S/C39H51N7O8.C39H49N7O8/c1-23-16-27(40-20-23)19-33(47)42-28(18-26-10-5-4-6-11-26)34(48)43-29-22-54-39(53)32-17-24(2)21-46(32)36(50)25(3)41-35(49)30-12-7-8-14-44(30)38(52)31-13-9-15-45(31)37(29)51;1-24-19-32-39(53)54-23-29(43-34(48)28(20-26-11-4-3-5-12-26)42-33(47)21-27-13-6-8-16-40-27)37(51)45-18-10-15-31(45)38(52)44-17-9-7-14-30(44)35(49)41-25(2)36(50)46(32)22-24/h4-6,10-11,16,24-25,28-32H,7-9,12-15,17-22H2,1-3H3,(H,41,49)(H,42,47)(H,43,48);3-6,8,11-13,16,24-25,28-32H,7,9-10,14-15,17-23H2,1-2H3,(H,41,49)(H,42,47)(H,43,48)/t2*24-,25+,28+,29+,30+,31+,32+/m11/s1. The molecule has 0 bridgehead atoms. The summed E-state index contributed by atoms with van der Waals surface area (Å²) >= 11 is 0. The highest BCUT2D eigenvalue weighted by Gasteiger charge is 2.49. The zero-order chi connectivity index (χ0) is 76.9. The van der Waals surface area contributed by atoms with Crippen LogP contribution in [0.2, 0.25) is 0 Å². The Bertz CT molecular complexity index is 3940. The average molecular weight is 1490 g/mol. The molecule has 0 unspecified atom stereocenters. The van der Waals surface area contributed by atoms with Crippen molar-refractivity contribution in [2.75, 3.05) is 59.0 Å². The maximum absolute atomic E-state index is 14.5. The van der Waals surface area contributed by atoms with Crippen LogP contribution in [0.5, 0.6) is 0 Å². The normalized spacial score (nSPS) is 28.0. The van der Waals surface area contributed by atoms with Gasteiger partial charge in [-0.1, -0.05) is 86.2 Å². The molecule has 578 valence electrons. The third-order valence-corrected chi connectivity index (χ3v) is 21.6. The number of benzene rings is 2. The van der Waals surface area contributed by atoms with Crippen LogP contribution in [-0.2, 0) is 95.9 Å². The van der Waals surface area contributed by atoms with E-state index >= 15 is 0 Å². The smallest absolute Gasteiger partial charge is 0.328 e. The number of aromatic nitrogens is 1. The minimum Gasteiger partial charge on any atom is -0.461 e. The molecule has 30 heteroatoms. The first-order chi connectivity index (χ1) is 51.9. The number of cyclic esters (lactones) is 2. The second-order valence-electron chi connectivity index (χ2n) is 30.1. The first-order valence-electron chi connectivity index (χ1n) is 38.0. The van der Waals surface area contributed by atoms with Gasteiger partial charge in [0.1, 0.15) is 85.7 Å². The highest BCUT2D eigenvalue weighted by atomic mass is 16.5. The molecule has 108 heavy (non-hydrogen) atoms. The molecule has 1 aromatic heterocycles. The van der Waals surface area contributed by atoms with Crippen LogP contribution in [0, 0.1) is 11.8 Å². The largest absolute Gasteiger partial charge is 0.461 e. The molecule has 2 aromatic carbocycles. The fraction of sp³-hybridized carbons (Fsp3) is 0.564. The predicted molar refractivity (Wildman–Crippen MR) is 390 cm³/mol. The van der Waals surface area contributed by atoms with Crippen LogP contribution < -0.4 is 31.9 Å². The SMILES string of the molecule is CC1=CC(CC(=O)N[C@@H](Cc2ccccc2)C(=O)N[C@H]2COC(=O)[C@@H]3C[C@@H](C)CN3C(=O)[C@H](C)NC(=O)[C@@H]3CCCCN3C(=O)[C@@H]3CCCN3C2=O)=NC1.C[C@@H]1C[C@H]2C(=O)OC[C@H](NC(=O)[C@H](Cc3ccccc3)NC(=O)Cc3ccccn3)C(=O)N3CCC[C@H]3C(=O)N3CCCC[C@H]3C(=O)N[C@@H](C)C(=O)N2C1. The molecule has 30 nitrogen and oxygen atoms in total. The fourth-order valence-corrected chi connectivity index (χ4v) is 16.1. The summed E-state index contributed by atoms with van der Waals surface area (Å²) < 4.78 is 11.5. The molecule has 3 aromatic rings. The Labute approximate surface area is 628 Å². The summed E-state index contributed by atoms with van der Waals surface area (Å²) in [6.45, 7) is 9.86. The van der Waals surface area contributed by atoms with Gasteiger partial charge >= 0.3 is 11.9 Å². The van der Waals surface area contributed by atoms with Crippen LogP contribution in [0.3, 0.4) is 0 Å². The number of ether oxygens (including phenoxy) is 2. The lowest BCUT2D eigenvalue weighted by atomic mass is 9.99. The monoisotopic (exact) mass is 1490 g/mol. The number of carbonyl (C=O) groups is 14. The number of fused-ring (bicyclic) bond motifs is 6. The summed E-state index contributed by atoms with van der Waals surface area (Å²) in [7, 11) is 0. The van der Waals surface area contributed by atoms with Crippen LogP contribution >= 0.6 is 0 Å². The average Bonchev–Trinajstić information content (AvgIpc) is 1.50. The Morgan fingerprint density at radius 3 is 1.32 bits per heavy atom. The number of nitrogens with zero attached hydrogens (tertiary/aromatic N) is 8. The number of aliphatic imine (C=N–C) groups is 1. The number of amides is 12. The van der Waals surface area contributed by atoms with Crippen molar-refractivity contribution in [2.24, 2.45) is 16.8 Å². The number of hydrogen-bond acceptors (Lipinski definition) is 18. The van der Waals surface area contributed by atoms with Gasteiger partial charge in [-0.25, -0.2) is 9.59 Å². The molecule has 14 atom stereocenters. The van der Waals surface area contributed by atoms with E-state index in [-0.39, 0.29) is 75.5 Å². The van der Waals surface area contributed by atoms with Gasteiger partial charge in [0.15, 0.2) is 0 Å². The summed E-state index contributed by atoms with van der Waals surface area (Å²) in [6, 6.07) is 11.0. The van der Waals surface area contributed by atoms with Crippen LogP contribution in [0.25, 0.3) is 0 Å². The summed E-state index contributed by atoms with van der Waals surface area (Å²) in [5.41, 5.74) is 3.66. The van der Waals surface area contributed by atoms with Crippen molar-refractivity contribution in [1.29, 1.82) is 0 Å². The molecule has 9 aliphatic rings. The molecule has 8 fully saturated rings. The van der Waals surface area contributed by atoms with E-state index in [1.165, 1.54) is 29.4 Å². The lowest BCUT2D eigenvalue weighted by Crippen LogP contribution is -2.62. The van der Waals surface area contributed by atoms with Crippen molar-refractivity contribution >= 4 is 88.5 Å². The molecule has 12 rings (SSSR count). The molecule has 10 heterocycles. The lowest BCUT2D eigenvalue weighted by Gasteiger charge is -2.39. The van der Waals surface area contributed by atoms with Gasteiger partial charge in [-0.15, -0.1) is 0 Å². The van der Waals surface area contributed by atoms with Crippen LogP contribution in [0.4, 0.5) is 0 Å². The topological polar surface area (TPSA) is 374 Å². The van der Waals surface area contributed by atoms with Crippen molar-refractivity contribution in [3.63, 3.8) is 0 Å². The van der Waals surface area contributed by atoms with E-state index in [4.69, 9.17) is 9.47 Å². The Balaban J connectivity index is 0.000000215. The van der Waals surface area contributed by atoms with Gasteiger partial charge < -0.3 is 70.8 Å². The zero-order valence-corrected chi connectivity index (χ0v) is 62.0. The summed E-state index contributed by atoms with van der Waals surface area (Å²) in [4.78, 5) is 211. The molecule has 0 saturated carbocycles. The van der Waals surface area contributed by atoms with E-state index in [1.807, 2.05) is 87.5 Å². The van der Waals surface area contributed by atoms with Crippen LogP contribution in [0.1, 0.15) is 135 Å². The number of piperidine rings is 2. The number of allylic oxidation sites excluding steroid dienone is 1. The molecule has 0 aliphatic carbocycles. The lowest BCUT2D eigenvalue weighted by molar-refractivity contribution is -0.158. The minimum absolute atomic E-state index is 0.0311. The minimum atomic E-state index is -1.42. The van der Waals surface area contributed by atoms with Crippen molar-refractivity contribution in [3.05, 3.63) is 114 Å². The van der Waals surface area contributed by atoms with Gasteiger partial charge in [0.25, 0.3) is 0 Å². The summed E-state index contributed by atoms with van der Waals surface area (Å²) in [5.74, 6) is -7.65. The van der Waals surface area contributed by atoms with Crippen LogP contribution in [0.15, 0.2) is 102 Å². The van der Waals surface area contributed by atoms with Gasteiger partial charge in [0.05, 0.1) is 19.4 Å². The van der Waals surface area contributed by atoms with E-state index in [2.05, 4.69) is 41.9 Å². The number of nitrogens with one attached hydrogen (secondary N) is 6. The molecule has 12 amide bonds. The number of pyridine rings is 1. The third kappa shape index (κ3) is 19.3. The van der Waals surface area contributed by atoms with Gasteiger partial charge in [0, 0.05) is 69.7 Å². The highest BCUT2D eigenvalue weighted by Crippen LogP contribution is 2.31. The number of carbonyl (C=O) groups excluding carboxylic acids is 14. The van der Waals surface area contributed by atoms with Crippen LogP contribution in [-0.4, -0.2) is 254 Å². The van der Waals surface area contributed by atoms with E-state index < -0.39 is 157 Å². The molecule has 8 saturated heterocycles. The molecule has 0 radical (unpaired) electrons. The van der Waals surface area contributed by atoms with Gasteiger partial charge in [-0.3, -0.25) is 67.5 Å². The second-order valence-corrected chi connectivity index (χ2v) is 30.1. The summed E-state index contributed by atoms with van der Waals surface area (Å²) in [6.07, 6.45) is 9.46. The summed E-state index contributed by atoms with van der Waals surface area (Å²) in [5, 5.41) is 16.7. The van der Waals surface area contributed by atoms with E-state index in [0.717, 1.165) is 16.7 Å². The maximum atomic E-state index is 14.5. The number of hydrogen-bond donors (Lipinski definition) is 6. The van der Waals surface area contributed by atoms with Gasteiger partial charge in [-0.05, 0) is 139 Å². The Hall–Kier alpha value is -10.4. The first kappa shape index (κ1) is 78.6. The van der Waals surface area contributed by atoms with Crippen molar-refractivity contribution in [3.8, 4) is 0 Å². The molecule has 9 aliphatic heterocycles. The van der Waals surface area contributed by atoms with Crippen molar-refractivity contribution < 1.29 is 76.6 Å². The second kappa shape index (κ2) is 36.0. The van der Waals surface area contributed by atoms with Crippen molar-refractivity contribution in [2.45, 2.75) is 210 Å². The quantitative estimate of drug-likeness (QED) is 0.123. The molecular formula is C78H100N14O16. The Morgan fingerprint density at radius 1 is 0.481 bits per heavy atom. The first-order valence-corrected chi connectivity index (χ1v) is 38.0. The molecular weight excluding hydrogens is 1390 g/mol. The van der Waals surface area contributed by atoms with E-state index in [0.29, 0.717) is 108 Å². The van der Waals surface area contributed by atoms with E-state index in [9.17, 15) is 67.1 Å². The Kier molecular flexibility index (Phi) is 26.2. The number of rotatable bonds is 14. The molecule has 6 N–H and O–H groups in total. The van der Waals surface area contributed by atoms with Gasteiger partial charge in [-0.2, -0.15) is 0 Å². The van der Waals surface area contributed by atoms with E-state index in [1.54, 1.807) is 38.2 Å². The zero-order valence-electron chi connectivity index (χ0n) is 62.0. The Morgan fingerprint density at radius 2 is 0.898 bits per heavy atom. The third-order valence-electron chi connectivity index (χ3n) is 21.6. The fourth-order valence-electron chi connectivity index (χ4n) is 16.1. The predicted octanol–water partition coefficient (Wildman–Crippen LogP) is 1.17. The highest BCUT2D eigenvalue weighted by molar-refractivity contribution is 6.09. The maximum Gasteiger partial charge on any atom is 0.328 e. The van der Waals surface area contributed by atoms with Gasteiger partial charge in [0.2, 0.25) is 70.9 Å². The van der Waals surface area contributed by atoms with Crippen molar-refractivity contribution in [1.82, 2.24) is 66.3 Å².